The van der Waals surface area contributed by atoms with E-state index >= 15 is 0 Å². The van der Waals surface area contributed by atoms with Gasteiger partial charge in [-0.15, -0.1) is 0 Å². The molecule has 0 unspecified atom stereocenters. The molecule has 1 heterocycles. The van der Waals surface area contributed by atoms with Crippen molar-refractivity contribution in [1.82, 2.24) is 5.32 Å². The Bertz CT molecular complexity index is 363. The van der Waals surface area contributed by atoms with Gasteiger partial charge in [0.2, 0.25) is 0 Å². The van der Waals surface area contributed by atoms with Gasteiger partial charge in [-0.05, 0) is 38.9 Å². The molecule has 1 saturated heterocycles. The van der Waals surface area contributed by atoms with Gasteiger partial charge in [0.05, 0.1) is 10.7 Å². The standard InChI is InChI=1S/C13H19ClN2/c1-13(2)10-16(9-5-8-15-13)12-7-4-3-6-11(12)14/h3-4,6-7,15H,5,8-10H2,1-2H3. The summed E-state index contributed by atoms with van der Waals surface area (Å²) in [5, 5.41) is 4.40. The molecule has 0 aromatic heterocycles. The average Bonchev–Trinajstić information content (AvgIpc) is 2.40. The van der Waals surface area contributed by atoms with Gasteiger partial charge in [-0.3, -0.25) is 0 Å². The number of nitrogens with one attached hydrogen (secondary N) is 1. The van der Waals surface area contributed by atoms with Crippen LogP contribution in [0, 0.1) is 0 Å². The number of nitrogens with zero attached hydrogens (tertiary/aromatic N) is 1. The summed E-state index contributed by atoms with van der Waals surface area (Å²) < 4.78 is 0. The van der Waals surface area contributed by atoms with E-state index in [1.807, 2.05) is 18.2 Å². The van der Waals surface area contributed by atoms with E-state index < -0.39 is 0 Å². The van der Waals surface area contributed by atoms with Crippen LogP contribution in [0.2, 0.25) is 5.02 Å². The van der Waals surface area contributed by atoms with Crippen LogP contribution >= 0.6 is 11.6 Å². The molecule has 3 heteroatoms. The van der Waals surface area contributed by atoms with E-state index in [0.29, 0.717) is 0 Å². The molecule has 0 radical (unpaired) electrons. The predicted molar refractivity (Wildman–Crippen MR) is 70.4 cm³/mol. The molecular weight excluding hydrogens is 220 g/mol. The zero-order valence-corrected chi connectivity index (χ0v) is 10.7. The summed E-state index contributed by atoms with van der Waals surface area (Å²) in [6, 6.07) is 8.09. The summed E-state index contributed by atoms with van der Waals surface area (Å²) in [4.78, 5) is 2.38. The van der Waals surface area contributed by atoms with Crippen molar-refractivity contribution in [2.24, 2.45) is 0 Å². The SMILES string of the molecule is CC1(C)CN(c2ccccc2Cl)CCCN1. The topological polar surface area (TPSA) is 15.3 Å². The van der Waals surface area contributed by atoms with E-state index in [2.05, 4.69) is 30.1 Å². The quantitative estimate of drug-likeness (QED) is 0.810. The minimum atomic E-state index is 0.148. The fourth-order valence-electron chi connectivity index (χ4n) is 2.22. The summed E-state index contributed by atoms with van der Waals surface area (Å²) in [5.41, 5.74) is 1.30. The maximum absolute atomic E-state index is 6.24. The highest BCUT2D eigenvalue weighted by atomic mass is 35.5. The Morgan fingerprint density at radius 2 is 2.06 bits per heavy atom. The van der Waals surface area contributed by atoms with E-state index in [0.717, 1.165) is 36.8 Å². The summed E-state index contributed by atoms with van der Waals surface area (Å²) >= 11 is 6.24. The first-order valence-electron chi connectivity index (χ1n) is 5.83. The Labute approximate surface area is 103 Å². The monoisotopic (exact) mass is 238 g/mol. The normalized spacial score (nSPS) is 20.6. The summed E-state index contributed by atoms with van der Waals surface area (Å²) in [5.74, 6) is 0. The van der Waals surface area contributed by atoms with Crippen LogP contribution in [0.15, 0.2) is 24.3 Å². The third kappa shape index (κ3) is 2.69. The van der Waals surface area contributed by atoms with Crippen molar-refractivity contribution < 1.29 is 0 Å². The first-order valence-corrected chi connectivity index (χ1v) is 6.21. The second-order valence-electron chi connectivity index (χ2n) is 5.04. The molecule has 0 bridgehead atoms. The lowest BCUT2D eigenvalue weighted by Crippen LogP contribution is -2.46. The molecule has 1 aromatic rings. The molecule has 1 aromatic carbocycles. The molecule has 0 saturated carbocycles. The molecule has 0 spiro atoms. The maximum Gasteiger partial charge on any atom is 0.0639 e. The van der Waals surface area contributed by atoms with Crippen molar-refractivity contribution in [2.75, 3.05) is 24.5 Å². The number of benzene rings is 1. The lowest BCUT2D eigenvalue weighted by Gasteiger charge is -2.32. The highest BCUT2D eigenvalue weighted by molar-refractivity contribution is 6.33. The minimum absolute atomic E-state index is 0.148. The highest BCUT2D eigenvalue weighted by Gasteiger charge is 2.24. The van der Waals surface area contributed by atoms with Crippen LogP contribution in [-0.2, 0) is 0 Å². The van der Waals surface area contributed by atoms with Crippen molar-refractivity contribution in [1.29, 1.82) is 0 Å². The fourth-order valence-corrected chi connectivity index (χ4v) is 2.48. The molecule has 0 atom stereocenters. The number of rotatable bonds is 1. The third-order valence-corrected chi connectivity index (χ3v) is 3.31. The summed E-state index contributed by atoms with van der Waals surface area (Å²) in [6.07, 6.45) is 1.16. The van der Waals surface area contributed by atoms with Crippen molar-refractivity contribution in [2.45, 2.75) is 25.8 Å². The Morgan fingerprint density at radius 1 is 1.31 bits per heavy atom. The van der Waals surface area contributed by atoms with Crippen molar-refractivity contribution >= 4 is 17.3 Å². The van der Waals surface area contributed by atoms with E-state index in [9.17, 15) is 0 Å². The maximum atomic E-state index is 6.24. The van der Waals surface area contributed by atoms with Gasteiger partial charge < -0.3 is 10.2 Å². The molecule has 1 N–H and O–H groups in total. The smallest absolute Gasteiger partial charge is 0.0639 e. The van der Waals surface area contributed by atoms with Crippen molar-refractivity contribution in [3.05, 3.63) is 29.3 Å². The summed E-state index contributed by atoms with van der Waals surface area (Å²) in [7, 11) is 0. The molecular formula is C13H19ClN2. The third-order valence-electron chi connectivity index (χ3n) is 2.99. The summed E-state index contributed by atoms with van der Waals surface area (Å²) in [6.45, 7) is 7.62. The van der Waals surface area contributed by atoms with Crippen LogP contribution in [0.25, 0.3) is 0 Å². The van der Waals surface area contributed by atoms with Gasteiger partial charge in [0, 0.05) is 18.6 Å². The van der Waals surface area contributed by atoms with Gasteiger partial charge in [0.25, 0.3) is 0 Å². The highest BCUT2D eigenvalue weighted by Crippen LogP contribution is 2.27. The molecule has 0 amide bonds. The molecule has 1 fully saturated rings. The second-order valence-corrected chi connectivity index (χ2v) is 5.44. The Balaban J connectivity index is 2.23. The number of para-hydroxylation sites is 1. The van der Waals surface area contributed by atoms with Crippen LogP contribution in [0.3, 0.4) is 0 Å². The zero-order valence-electron chi connectivity index (χ0n) is 9.96. The van der Waals surface area contributed by atoms with Crippen molar-refractivity contribution in [3.8, 4) is 0 Å². The van der Waals surface area contributed by atoms with Gasteiger partial charge in [-0.2, -0.15) is 0 Å². The van der Waals surface area contributed by atoms with Gasteiger partial charge in [0.1, 0.15) is 0 Å². The van der Waals surface area contributed by atoms with E-state index in [1.165, 1.54) is 0 Å². The van der Waals surface area contributed by atoms with Crippen LogP contribution in [0.5, 0.6) is 0 Å². The van der Waals surface area contributed by atoms with Crippen LogP contribution in [0.1, 0.15) is 20.3 Å². The second kappa shape index (κ2) is 4.64. The largest absolute Gasteiger partial charge is 0.368 e. The Morgan fingerprint density at radius 3 is 2.81 bits per heavy atom. The lowest BCUT2D eigenvalue weighted by molar-refractivity contribution is 0.416. The number of halogens is 1. The lowest BCUT2D eigenvalue weighted by atomic mass is 10.1. The van der Waals surface area contributed by atoms with E-state index in [-0.39, 0.29) is 5.54 Å². The molecule has 1 aliphatic rings. The van der Waals surface area contributed by atoms with Gasteiger partial charge in [-0.1, -0.05) is 23.7 Å². The van der Waals surface area contributed by atoms with Gasteiger partial charge in [0.15, 0.2) is 0 Å². The Hall–Kier alpha value is -0.730. The zero-order chi connectivity index (χ0) is 11.6. The van der Waals surface area contributed by atoms with E-state index in [4.69, 9.17) is 11.6 Å². The molecule has 2 nitrogen and oxygen atoms in total. The molecule has 2 rings (SSSR count). The van der Waals surface area contributed by atoms with Gasteiger partial charge >= 0.3 is 0 Å². The molecule has 16 heavy (non-hydrogen) atoms. The van der Waals surface area contributed by atoms with Crippen molar-refractivity contribution in [3.63, 3.8) is 0 Å². The molecule has 0 aliphatic carbocycles. The Kier molecular flexibility index (Phi) is 3.41. The number of hydrogen-bond acceptors (Lipinski definition) is 2. The van der Waals surface area contributed by atoms with Crippen LogP contribution < -0.4 is 10.2 Å². The predicted octanol–water partition coefficient (Wildman–Crippen LogP) is 2.92. The first-order chi connectivity index (χ1) is 7.58. The fraction of sp³-hybridized carbons (Fsp3) is 0.538. The number of anilines is 1. The molecule has 1 aliphatic heterocycles. The minimum Gasteiger partial charge on any atom is -0.368 e. The molecule has 88 valence electrons. The average molecular weight is 239 g/mol. The van der Waals surface area contributed by atoms with Crippen LogP contribution in [-0.4, -0.2) is 25.2 Å². The van der Waals surface area contributed by atoms with Gasteiger partial charge in [-0.25, -0.2) is 0 Å². The first kappa shape index (κ1) is 11.7. The van der Waals surface area contributed by atoms with E-state index in [1.54, 1.807) is 0 Å². The van der Waals surface area contributed by atoms with Crippen LogP contribution in [0.4, 0.5) is 5.69 Å². The number of hydrogen-bond donors (Lipinski definition) is 1.